The number of rotatable bonds is 4. The summed E-state index contributed by atoms with van der Waals surface area (Å²) in [7, 11) is -3.78. The molecular formula is C8H14N2O4S2. The number of hydrogen-bond donors (Lipinski definition) is 1. The van der Waals surface area contributed by atoms with Crippen LogP contribution in [0, 0.1) is 0 Å². The zero-order valence-corrected chi connectivity index (χ0v) is 10.7. The molecule has 0 saturated carbocycles. The molecule has 0 aromatic rings. The Kier molecular flexibility index (Phi) is 3.97. The van der Waals surface area contributed by atoms with E-state index in [1.165, 1.54) is 18.0 Å². The number of nitrogens with two attached hydrogens (primary N) is 1. The van der Waals surface area contributed by atoms with Crippen LogP contribution in [0.4, 0.5) is 0 Å². The van der Waals surface area contributed by atoms with Crippen molar-refractivity contribution in [2.24, 2.45) is 10.7 Å². The van der Waals surface area contributed by atoms with E-state index in [-0.39, 0.29) is 6.61 Å². The van der Waals surface area contributed by atoms with Gasteiger partial charge in [0.05, 0.1) is 17.7 Å². The molecule has 6 nitrogen and oxygen atoms in total. The largest absolute Gasteiger partial charge is 0.464 e. The van der Waals surface area contributed by atoms with Crippen molar-refractivity contribution in [3.63, 3.8) is 0 Å². The van der Waals surface area contributed by atoms with Crippen molar-refractivity contribution in [1.82, 2.24) is 0 Å². The summed E-state index contributed by atoms with van der Waals surface area (Å²) in [4.78, 5) is 13.5. The first-order chi connectivity index (χ1) is 7.34. The van der Waals surface area contributed by atoms with Gasteiger partial charge in [-0.1, -0.05) is 0 Å². The summed E-state index contributed by atoms with van der Waals surface area (Å²) in [5.41, 5.74) is 5.74. The molecule has 2 unspecified atom stereocenters. The second-order valence-electron chi connectivity index (χ2n) is 3.33. The molecule has 0 radical (unpaired) electrons. The van der Waals surface area contributed by atoms with Crippen molar-refractivity contribution in [2.45, 2.75) is 17.0 Å². The number of thioether (sulfide) groups is 1. The lowest BCUT2D eigenvalue weighted by atomic mass is 10.2. The molecule has 0 aliphatic carbocycles. The lowest BCUT2D eigenvalue weighted by Crippen LogP contribution is -2.62. The fraction of sp³-hybridized carbons (Fsp3) is 0.750. The molecule has 0 amide bonds. The van der Waals surface area contributed by atoms with E-state index in [0.717, 1.165) is 6.26 Å². The number of sulfone groups is 1. The number of carbonyl (C=O) groups excluding carboxylic acids is 1. The summed E-state index contributed by atoms with van der Waals surface area (Å²) in [6.07, 6.45) is 2.32. The maximum Gasteiger partial charge on any atom is 0.343 e. The van der Waals surface area contributed by atoms with E-state index in [0.29, 0.717) is 5.88 Å². The first kappa shape index (κ1) is 13.5. The lowest BCUT2D eigenvalue weighted by molar-refractivity contribution is -0.145. The molecule has 0 fully saturated rings. The number of esters is 1. The Bertz CT molecular complexity index is 406. The normalized spacial score (nSPS) is 24.1. The summed E-state index contributed by atoms with van der Waals surface area (Å²) < 4.78 is 28.0. The second kappa shape index (κ2) is 4.72. The first-order valence-corrected chi connectivity index (χ1v) is 7.55. The van der Waals surface area contributed by atoms with Gasteiger partial charge < -0.3 is 10.5 Å². The van der Waals surface area contributed by atoms with Gasteiger partial charge in [-0.3, -0.25) is 4.99 Å². The second-order valence-corrected chi connectivity index (χ2v) is 6.65. The summed E-state index contributed by atoms with van der Waals surface area (Å²) in [5, 5.41) is -0.693. The van der Waals surface area contributed by atoms with Crippen molar-refractivity contribution in [1.29, 1.82) is 0 Å². The fourth-order valence-corrected chi connectivity index (χ4v) is 3.68. The quantitative estimate of drug-likeness (QED) is 0.682. The Hall–Kier alpha value is -0.600. The predicted octanol–water partition coefficient (Wildman–Crippen LogP) is -0.607. The molecule has 8 heteroatoms. The van der Waals surface area contributed by atoms with Gasteiger partial charge in [0.2, 0.25) is 4.87 Å². The highest BCUT2D eigenvalue weighted by atomic mass is 32.2. The number of hydrogen-bond acceptors (Lipinski definition) is 7. The van der Waals surface area contributed by atoms with Crippen LogP contribution < -0.4 is 5.73 Å². The zero-order valence-electron chi connectivity index (χ0n) is 9.04. The van der Waals surface area contributed by atoms with Gasteiger partial charge in [0.15, 0.2) is 9.84 Å². The molecule has 0 saturated heterocycles. The molecule has 0 aromatic carbocycles. The van der Waals surface area contributed by atoms with E-state index >= 15 is 0 Å². The lowest BCUT2D eigenvalue weighted by Gasteiger charge is -2.28. The van der Waals surface area contributed by atoms with E-state index in [1.54, 1.807) is 6.92 Å². The molecular weight excluding hydrogens is 252 g/mol. The minimum Gasteiger partial charge on any atom is -0.464 e. The first-order valence-electron chi connectivity index (χ1n) is 4.61. The Balaban J connectivity index is 3.12. The molecule has 0 spiro atoms. The van der Waals surface area contributed by atoms with E-state index in [1.807, 2.05) is 0 Å². The summed E-state index contributed by atoms with van der Waals surface area (Å²) in [6, 6.07) is 0. The van der Waals surface area contributed by atoms with Crippen LogP contribution in [0.25, 0.3) is 0 Å². The van der Waals surface area contributed by atoms with Crippen molar-refractivity contribution >= 4 is 33.8 Å². The zero-order chi connectivity index (χ0) is 12.4. The third-order valence-corrected chi connectivity index (χ3v) is 5.15. The highest BCUT2D eigenvalue weighted by Crippen LogP contribution is 2.29. The fourth-order valence-electron chi connectivity index (χ4n) is 1.26. The molecule has 92 valence electrons. The number of ether oxygens (including phenoxy) is 1. The van der Waals surface area contributed by atoms with Crippen LogP contribution in [-0.4, -0.2) is 49.5 Å². The van der Waals surface area contributed by atoms with Crippen LogP contribution in [-0.2, 0) is 19.4 Å². The molecule has 1 rings (SSSR count). The van der Waals surface area contributed by atoms with Crippen LogP contribution in [0.1, 0.15) is 6.92 Å². The van der Waals surface area contributed by atoms with Crippen LogP contribution in [0.2, 0.25) is 0 Å². The molecule has 0 bridgehead atoms. The van der Waals surface area contributed by atoms with Crippen LogP contribution in [0.3, 0.4) is 0 Å². The molecule has 2 atom stereocenters. The van der Waals surface area contributed by atoms with Gasteiger partial charge in [-0.05, 0) is 6.92 Å². The van der Waals surface area contributed by atoms with Gasteiger partial charge in [-0.15, -0.1) is 11.8 Å². The summed E-state index contributed by atoms with van der Waals surface area (Å²) >= 11 is 1.20. The number of nitrogens with zero attached hydrogens (tertiary/aromatic N) is 1. The van der Waals surface area contributed by atoms with Crippen LogP contribution in [0.15, 0.2) is 4.99 Å². The Morgan fingerprint density at radius 2 is 2.38 bits per heavy atom. The average molecular weight is 266 g/mol. The van der Waals surface area contributed by atoms with E-state index in [9.17, 15) is 13.2 Å². The molecule has 1 aliphatic rings. The standard InChI is InChI=1S/C8H14N2O4S2/c1-3-14-7(11)8(9,16(2,12)13)6-4-10-5-15-6/h4,6H,3,5,9H2,1-2H3. The maximum atomic E-state index is 11.7. The Morgan fingerprint density at radius 3 is 2.75 bits per heavy atom. The predicted molar refractivity (Wildman–Crippen MR) is 63.1 cm³/mol. The van der Waals surface area contributed by atoms with E-state index in [2.05, 4.69) is 4.99 Å². The summed E-state index contributed by atoms with van der Waals surface area (Å²) in [6.45, 7) is 1.68. The van der Waals surface area contributed by atoms with Crippen LogP contribution >= 0.6 is 11.8 Å². The van der Waals surface area contributed by atoms with Gasteiger partial charge in [-0.2, -0.15) is 0 Å². The van der Waals surface area contributed by atoms with Crippen molar-refractivity contribution in [3.05, 3.63) is 0 Å². The molecule has 1 heterocycles. The average Bonchev–Trinajstić information content (AvgIpc) is 2.67. The van der Waals surface area contributed by atoms with Crippen molar-refractivity contribution in [2.75, 3.05) is 18.7 Å². The Labute approximate surface area is 98.5 Å². The number of carbonyl (C=O) groups is 1. The van der Waals surface area contributed by atoms with E-state index < -0.39 is 25.9 Å². The van der Waals surface area contributed by atoms with Gasteiger partial charge in [0, 0.05) is 12.5 Å². The van der Waals surface area contributed by atoms with E-state index in [4.69, 9.17) is 10.5 Å². The highest BCUT2D eigenvalue weighted by molar-refractivity contribution is 8.02. The maximum absolute atomic E-state index is 11.7. The van der Waals surface area contributed by atoms with Gasteiger partial charge in [0.1, 0.15) is 0 Å². The van der Waals surface area contributed by atoms with Crippen molar-refractivity contribution in [3.8, 4) is 0 Å². The van der Waals surface area contributed by atoms with Gasteiger partial charge in [-0.25, -0.2) is 13.2 Å². The number of aliphatic imine (C=N–C) groups is 1. The summed E-state index contributed by atoms with van der Waals surface area (Å²) in [5.74, 6) is -0.526. The van der Waals surface area contributed by atoms with Gasteiger partial charge in [0.25, 0.3) is 0 Å². The minimum absolute atomic E-state index is 0.0852. The Morgan fingerprint density at radius 1 is 1.75 bits per heavy atom. The molecule has 1 aliphatic heterocycles. The highest BCUT2D eigenvalue weighted by Gasteiger charge is 2.53. The molecule has 2 N–H and O–H groups in total. The van der Waals surface area contributed by atoms with Gasteiger partial charge >= 0.3 is 5.97 Å². The van der Waals surface area contributed by atoms with Crippen LogP contribution in [0.5, 0.6) is 0 Å². The minimum atomic E-state index is -3.78. The topological polar surface area (TPSA) is 98.8 Å². The molecule has 16 heavy (non-hydrogen) atoms. The SMILES string of the molecule is CCOC(=O)C(N)(C1C=NCS1)S(C)(=O)=O. The third kappa shape index (κ3) is 2.23. The monoisotopic (exact) mass is 266 g/mol. The third-order valence-electron chi connectivity index (χ3n) is 2.20. The smallest absolute Gasteiger partial charge is 0.343 e. The molecule has 0 aromatic heterocycles. The van der Waals surface area contributed by atoms with Crippen molar-refractivity contribution < 1.29 is 17.9 Å².